The first-order valence-corrected chi connectivity index (χ1v) is 10.5. The van der Waals surface area contributed by atoms with E-state index >= 15 is 0 Å². The van der Waals surface area contributed by atoms with Gasteiger partial charge in [-0.05, 0) is 42.5 Å². The van der Waals surface area contributed by atoms with Crippen LogP contribution in [0, 0.1) is 11.8 Å². The zero-order valence-corrected chi connectivity index (χ0v) is 16.8. The molecule has 4 rings (SSSR count). The molecule has 2 aromatic carbocycles. The number of hydrogen-bond acceptors (Lipinski definition) is 4. The first-order valence-electron chi connectivity index (χ1n) is 10.5. The average Bonchev–Trinajstić information content (AvgIpc) is 2.91. The van der Waals surface area contributed by atoms with Crippen LogP contribution in [0.2, 0.25) is 0 Å². The number of hydrogen-bond donors (Lipinski definition) is 2. The van der Waals surface area contributed by atoms with Crippen LogP contribution < -0.4 is 5.73 Å². The van der Waals surface area contributed by atoms with Gasteiger partial charge in [-0.1, -0.05) is 42.5 Å². The lowest BCUT2D eigenvalue weighted by molar-refractivity contribution is -0.0926. The SMILES string of the molecule is NC(=O)c1cccc(C2(O)C3CCC2CN(CCOCCc2ccccc2)C3)c1. The zero-order chi connectivity index (χ0) is 20.3. The minimum Gasteiger partial charge on any atom is -0.384 e. The number of benzene rings is 2. The van der Waals surface area contributed by atoms with E-state index in [0.29, 0.717) is 12.2 Å². The summed E-state index contributed by atoms with van der Waals surface area (Å²) in [4.78, 5) is 14.0. The Morgan fingerprint density at radius 1 is 1.07 bits per heavy atom. The second-order valence-electron chi connectivity index (χ2n) is 8.35. The average molecular weight is 395 g/mol. The Labute approximate surface area is 172 Å². The fourth-order valence-corrected chi connectivity index (χ4v) is 5.04. The number of rotatable bonds is 8. The van der Waals surface area contributed by atoms with Crippen LogP contribution in [0.25, 0.3) is 0 Å². The van der Waals surface area contributed by atoms with E-state index in [-0.39, 0.29) is 11.8 Å². The predicted molar refractivity (Wildman–Crippen MR) is 112 cm³/mol. The summed E-state index contributed by atoms with van der Waals surface area (Å²) in [5, 5.41) is 11.6. The minimum absolute atomic E-state index is 0.175. The molecule has 1 heterocycles. The van der Waals surface area contributed by atoms with Gasteiger partial charge in [0.05, 0.1) is 18.8 Å². The van der Waals surface area contributed by atoms with E-state index in [1.165, 1.54) is 5.56 Å². The molecule has 2 bridgehead atoms. The van der Waals surface area contributed by atoms with Crippen molar-refractivity contribution in [3.8, 4) is 0 Å². The van der Waals surface area contributed by atoms with E-state index in [4.69, 9.17) is 10.5 Å². The molecule has 3 N–H and O–H groups in total. The summed E-state index contributed by atoms with van der Waals surface area (Å²) in [7, 11) is 0. The third-order valence-electron chi connectivity index (χ3n) is 6.60. The Balaban J connectivity index is 1.31. The highest BCUT2D eigenvalue weighted by atomic mass is 16.5. The molecule has 29 heavy (non-hydrogen) atoms. The van der Waals surface area contributed by atoms with Gasteiger partial charge in [-0.2, -0.15) is 0 Å². The van der Waals surface area contributed by atoms with Crippen LogP contribution in [0.5, 0.6) is 0 Å². The van der Waals surface area contributed by atoms with Crippen molar-refractivity contribution in [2.24, 2.45) is 17.6 Å². The molecule has 1 aliphatic carbocycles. The van der Waals surface area contributed by atoms with Crippen molar-refractivity contribution in [3.63, 3.8) is 0 Å². The smallest absolute Gasteiger partial charge is 0.248 e. The van der Waals surface area contributed by atoms with Crippen LogP contribution >= 0.6 is 0 Å². The van der Waals surface area contributed by atoms with Gasteiger partial charge in [0.25, 0.3) is 0 Å². The Kier molecular flexibility index (Phi) is 5.99. The number of piperidine rings is 1. The summed E-state index contributed by atoms with van der Waals surface area (Å²) in [6.07, 6.45) is 2.95. The van der Waals surface area contributed by atoms with Crippen LogP contribution in [0.3, 0.4) is 0 Å². The molecule has 0 radical (unpaired) electrons. The van der Waals surface area contributed by atoms with Crippen molar-refractivity contribution in [3.05, 3.63) is 71.3 Å². The van der Waals surface area contributed by atoms with Crippen LogP contribution in [-0.4, -0.2) is 48.8 Å². The highest BCUT2D eigenvalue weighted by Crippen LogP contribution is 2.51. The maximum atomic E-state index is 11.6. The fraction of sp³-hybridized carbons (Fsp3) is 0.458. The van der Waals surface area contributed by atoms with Crippen molar-refractivity contribution in [2.45, 2.75) is 24.9 Å². The van der Waals surface area contributed by atoms with Crippen molar-refractivity contribution in [1.82, 2.24) is 4.90 Å². The number of nitrogens with zero attached hydrogens (tertiary/aromatic N) is 1. The van der Waals surface area contributed by atoms with Crippen LogP contribution in [0.1, 0.15) is 34.3 Å². The second kappa shape index (κ2) is 8.66. The number of likely N-dealkylation sites (tertiary alicyclic amines) is 1. The summed E-state index contributed by atoms with van der Waals surface area (Å²) >= 11 is 0. The van der Waals surface area contributed by atoms with Crippen LogP contribution in [0.15, 0.2) is 54.6 Å². The monoisotopic (exact) mass is 394 g/mol. The molecule has 2 atom stereocenters. The number of ether oxygens (including phenoxy) is 1. The van der Waals surface area contributed by atoms with Gasteiger partial charge in [0.2, 0.25) is 5.91 Å². The highest BCUT2D eigenvalue weighted by molar-refractivity contribution is 5.92. The van der Waals surface area contributed by atoms with Crippen molar-refractivity contribution in [2.75, 3.05) is 32.8 Å². The predicted octanol–water partition coefficient (Wildman–Crippen LogP) is 2.57. The van der Waals surface area contributed by atoms with E-state index < -0.39 is 11.5 Å². The quantitative estimate of drug-likeness (QED) is 0.675. The number of carbonyl (C=O) groups excluding carboxylic acids is 1. The van der Waals surface area contributed by atoms with Gasteiger partial charge >= 0.3 is 0 Å². The molecule has 2 unspecified atom stereocenters. The van der Waals surface area contributed by atoms with Gasteiger partial charge in [0.15, 0.2) is 0 Å². The second-order valence-corrected chi connectivity index (χ2v) is 8.35. The lowest BCUT2D eigenvalue weighted by Gasteiger charge is -2.45. The van der Waals surface area contributed by atoms with Crippen LogP contribution in [0.4, 0.5) is 0 Å². The Morgan fingerprint density at radius 2 is 1.79 bits per heavy atom. The van der Waals surface area contributed by atoms with E-state index in [1.807, 2.05) is 18.2 Å². The zero-order valence-electron chi connectivity index (χ0n) is 16.8. The maximum absolute atomic E-state index is 11.6. The first kappa shape index (κ1) is 20.1. The maximum Gasteiger partial charge on any atom is 0.248 e. The number of fused-ring (bicyclic) bond motifs is 2. The number of amides is 1. The summed E-state index contributed by atoms with van der Waals surface area (Å²) in [6, 6.07) is 17.6. The lowest BCUT2D eigenvalue weighted by atomic mass is 9.75. The van der Waals surface area contributed by atoms with Gasteiger partial charge in [-0.15, -0.1) is 0 Å². The van der Waals surface area contributed by atoms with E-state index in [9.17, 15) is 9.90 Å². The van der Waals surface area contributed by atoms with Crippen molar-refractivity contribution < 1.29 is 14.6 Å². The molecule has 2 aromatic rings. The molecule has 1 aliphatic heterocycles. The Morgan fingerprint density at radius 3 is 2.48 bits per heavy atom. The fourth-order valence-electron chi connectivity index (χ4n) is 5.04. The summed E-state index contributed by atoms with van der Waals surface area (Å²) in [5.74, 6) is -0.102. The van der Waals surface area contributed by atoms with Gasteiger partial charge in [-0.3, -0.25) is 4.79 Å². The Bertz CT molecular complexity index is 825. The third kappa shape index (κ3) is 4.22. The van der Waals surface area contributed by atoms with Crippen molar-refractivity contribution >= 4 is 5.91 Å². The molecule has 154 valence electrons. The summed E-state index contributed by atoms with van der Waals surface area (Å²) in [5.41, 5.74) is 7.17. The van der Waals surface area contributed by atoms with Gasteiger partial charge in [-0.25, -0.2) is 0 Å². The summed E-state index contributed by atoms with van der Waals surface area (Å²) < 4.78 is 5.85. The molecule has 1 saturated heterocycles. The molecule has 1 saturated carbocycles. The number of carbonyl (C=O) groups is 1. The van der Waals surface area contributed by atoms with Crippen molar-refractivity contribution in [1.29, 1.82) is 0 Å². The number of aliphatic hydroxyl groups is 1. The first-order chi connectivity index (χ1) is 14.1. The van der Waals surface area contributed by atoms with Gasteiger partial charge in [0, 0.05) is 37.0 Å². The molecular formula is C24H30N2O3. The van der Waals surface area contributed by atoms with Gasteiger partial charge in [0.1, 0.15) is 0 Å². The Hall–Kier alpha value is -2.21. The molecule has 0 spiro atoms. The van der Waals surface area contributed by atoms with Crippen LogP contribution in [-0.2, 0) is 16.8 Å². The molecule has 5 heteroatoms. The topological polar surface area (TPSA) is 75.8 Å². The van der Waals surface area contributed by atoms with E-state index in [0.717, 1.165) is 51.1 Å². The van der Waals surface area contributed by atoms with E-state index in [2.05, 4.69) is 29.2 Å². The highest BCUT2D eigenvalue weighted by Gasteiger charge is 2.53. The number of nitrogens with two attached hydrogens (primary N) is 1. The lowest BCUT2D eigenvalue weighted by Crippen LogP contribution is -2.52. The molecule has 2 aliphatic rings. The minimum atomic E-state index is -0.865. The molecule has 5 nitrogen and oxygen atoms in total. The van der Waals surface area contributed by atoms with E-state index in [1.54, 1.807) is 12.1 Å². The summed E-state index contributed by atoms with van der Waals surface area (Å²) in [6.45, 7) is 4.04. The third-order valence-corrected chi connectivity index (χ3v) is 6.60. The normalized spacial score (nSPS) is 26.5. The molecular weight excluding hydrogens is 364 g/mol. The number of primary amides is 1. The molecule has 1 amide bonds. The largest absolute Gasteiger partial charge is 0.384 e. The standard InChI is InChI=1S/C24H30N2O3/c25-23(27)19-7-4-8-20(15-19)24(28)21-9-10-22(24)17-26(16-21)12-14-29-13-11-18-5-2-1-3-6-18/h1-8,15,21-22,28H,9-14,16-17H2,(H2,25,27). The molecule has 0 aromatic heterocycles. The van der Waals surface area contributed by atoms with Gasteiger partial charge < -0.3 is 20.5 Å². The molecule has 2 fully saturated rings.